The van der Waals surface area contributed by atoms with Crippen molar-refractivity contribution in [3.63, 3.8) is 0 Å². The summed E-state index contributed by atoms with van der Waals surface area (Å²) in [6.45, 7) is 14.4. The molecule has 1 amide bonds. The van der Waals surface area contributed by atoms with E-state index in [4.69, 9.17) is 4.74 Å². The second-order valence-electron chi connectivity index (χ2n) is 9.67. The third kappa shape index (κ3) is 5.67. The molecule has 0 aliphatic carbocycles. The van der Waals surface area contributed by atoms with Gasteiger partial charge in [-0.15, -0.1) is 0 Å². The van der Waals surface area contributed by atoms with Gasteiger partial charge in [0.2, 0.25) is 0 Å². The number of carbonyl (C=O) groups is 1. The average Bonchev–Trinajstić information content (AvgIpc) is 2.77. The van der Waals surface area contributed by atoms with Crippen molar-refractivity contribution in [1.82, 2.24) is 5.43 Å². The lowest BCUT2D eigenvalue weighted by Crippen LogP contribution is -2.48. The van der Waals surface area contributed by atoms with E-state index in [1.165, 1.54) is 22.4 Å². The number of benzene rings is 2. The molecule has 0 saturated carbocycles. The first kappa shape index (κ1) is 24.6. The van der Waals surface area contributed by atoms with Crippen molar-refractivity contribution in [2.24, 2.45) is 5.10 Å². The topological polar surface area (TPSA) is 66.0 Å². The van der Waals surface area contributed by atoms with Gasteiger partial charge in [0.25, 0.3) is 5.91 Å². The van der Waals surface area contributed by atoms with E-state index in [2.05, 4.69) is 74.4 Å². The van der Waals surface area contributed by atoms with Gasteiger partial charge in [-0.25, -0.2) is 5.43 Å². The maximum absolute atomic E-state index is 12.3. The van der Waals surface area contributed by atoms with Crippen LogP contribution >= 0.6 is 0 Å². The maximum atomic E-state index is 12.3. The van der Waals surface area contributed by atoms with Crippen molar-refractivity contribution in [2.75, 3.05) is 30.4 Å². The highest BCUT2D eigenvalue weighted by Gasteiger charge is 2.36. The molecule has 0 aromatic heterocycles. The normalized spacial score (nSPS) is 17.1. The van der Waals surface area contributed by atoms with E-state index in [9.17, 15) is 4.79 Å². The Hall–Kier alpha value is -3.02. The van der Waals surface area contributed by atoms with Crippen molar-refractivity contribution in [1.29, 1.82) is 0 Å². The molecule has 33 heavy (non-hydrogen) atoms. The highest BCUT2D eigenvalue weighted by molar-refractivity contribution is 5.88. The summed E-state index contributed by atoms with van der Waals surface area (Å²) in [5.41, 5.74) is 9.44. The van der Waals surface area contributed by atoms with Gasteiger partial charge in [0.1, 0.15) is 5.75 Å². The van der Waals surface area contributed by atoms with Crippen LogP contribution in [0, 0.1) is 13.8 Å². The molecule has 1 aliphatic heterocycles. The Morgan fingerprint density at radius 3 is 2.67 bits per heavy atom. The van der Waals surface area contributed by atoms with E-state index >= 15 is 0 Å². The van der Waals surface area contributed by atoms with Crippen LogP contribution < -0.4 is 20.4 Å². The third-order valence-corrected chi connectivity index (χ3v) is 6.54. The Labute approximate surface area is 198 Å². The van der Waals surface area contributed by atoms with Gasteiger partial charge in [0.15, 0.2) is 0 Å². The summed E-state index contributed by atoms with van der Waals surface area (Å²) in [6.07, 6.45) is 3.85. The second-order valence-corrected chi connectivity index (χ2v) is 9.67. The molecular formula is C27H38N4O2. The number of amides is 1. The number of methoxy groups -OCH3 is 1. The molecule has 1 atom stereocenters. The molecule has 1 aliphatic rings. The third-order valence-electron chi connectivity index (χ3n) is 6.54. The molecule has 0 saturated heterocycles. The number of hydrogen-bond donors (Lipinski definition) is 2. The van der Waals surface area contributed by atoms with Crippen LogP contribution in [0.5, 0.6) is 5.75 Å². The van der Waals surface area contributed by atoms with Crippen LogP contribution in [0.15, 0.2) is 35.4 Å². The fourth-order valence-corrected chi connectivity index (χ4v) is 4.70. The fraction of sp³-hybridized carbons (Fsp3) is 0.481. The number of ether oxygens (including phenoxy) is 1. The van der Waals surface area contributed by atoms with E-state index in [1.54, 1.807) is 13.3 Å². The predicted octanol–water partition coefficient (Wildman–Crippen LogP) is 5.38. The summed E-state index contributed by atoms with van der Waals surface area (Å²) in [5.74, 6) is 0.981. The Morgan fingerprint density at radius 2 is 2.00 bits per heavy atom. The second kappa shape index (κ2) is 10.3. The van der Waals surface area contributed by atoms with Crippen molar-refractivity contribution in [3.05, 3.63) is 52.6 Å². The maximum Gasteiger partial charge on any atom is 0.259 e. The highest BCUT2D eigenvalue weighted by atomic mass is 16.5. The molecule has 6 heteroatoms. The van der Waals surface area contributed by atoms with Crippen LogP contribution in [-0.4, -0.2) is 37.9 Å². The molecule has 0 spiro atoms. The Kier molecular flexibility index (Phi) is 7.67. The Morgan fingerprint density at radius 1 is 1.24 bits per heavy atom. The number of fused-ring (bicyclic) bond motifs is 1. The zero-order valence-corrected chi connectivity index (χ0v) is 21.1. The number of rotatable bonds is 8. The van der Waals surface area contributed by atoms with Crippen molar-refractivity contribution >= 4 is 23.5 Å². The number of hydrogen-bond acceptors (Lipinski definition) is 5. The molecule has 0 radical (unpaired) electrons. The van der Waals surface area contributed by atoms with Gasteiger partial charge in [-0.3, -0.25) is 4.79 Å². The zero-order valence-electron chi connectivity index (χ0n) is 21.1. The molecule has 2 N–H and O–H groups in total. The van der Waals surface area contributed by atoms with Crippen LogP contribution in [0.2, 0.25) is 0 Å². The Bertz CT molecular complexity index is 1030. The van der Waals surface area contributed by atoms with E-state index in [0.29, 0.717) is 5.92 Å². The number of aryl methyl sites for hydroxylation is 2. The SMILES string of the molecule is CCCN1c2cc(OC)c(/C=N\NC(=O)CNc3ccc(C)c(C)c3)cc2C(C)CC1(C)C. The predicted molar refractivity (Wildman–Crippen MR) is 138 cm³/mol. The van der Waals surface area contributed by atoms with Crippen molar-refractivity contribution in [3.8, 4) is 5.75 Å². The summed E-state index contributed by atoms with van der Waals surface area (Å²) < 4.78 is 5.68. The van der Waals surface area contributed by atoms with Gasteiger partial charge >= 0.3 is 0 Å². The van der Waals surface area contributed by atoms with Gasteiger partial charge in [0.05, 0.1) is 19.9 Å². The molecular weight excluding hydrogens is 412 g/mol. The largest absolute Gasteiger partial charge is 0.496 e. The summed E-state index contributed by atoms with van der Waals surface area (Å²) >= 11 is 0. The summed E-state index contributed by atoms with van der Waals surface area (Å²) in [5, 5.41) is 7.33. The molecule has 2 aromatic carbocycles. The van der Waals surface area contributed by atoms with Crippen LogP contribution in [0.3, 0.4) is 0 Å². The van der Waals surface area contributed by atoms with E-state index in [1.807, 2.05) is 18.2 Å². The molecule has 6 nitrogen and oxygen atoms in total. The van der Waals surface area contributed by atoms with Gasteiger partial charge in [-0.05, 0) is 81.3 Å². The van der Waals surface area contributed by atoms with Crippen LogP contribution in [-0.2, 0) is 4.79 Å². The summed E-state index contributed by atoms with van der Waals surface area (Å²) in [6, 6.07) is 10.3. The van der Waals surface area contributed by atoms with E-state index in [0.717, 1.165) is 36.4 Å². The molecule has 0 fully saturated rings. The molecule has 0 bridgehead atoms. The summed E-state index contributed by atoms with van der Waals surface area (Å²) in [4.78, 5) is 14.8. The van der Waals surface area contributed by atoms with Gasteiger partial charge in [-0.2, -0.15) is 5.10 Å². The summed E-state index contributed by atoms with van der Waals surface area (Å²) in [7, 11) is 1.67. The minimum absolute atomic E-state index is 0.0972. The number of carbonyl (C=O) groups excluding carboxylic acids is 1. The first-order valence-corrected chi connectivity index (χ1v) is 11.8. The van der Waals surface area contributed by atoms with E-state index in [-0.39, 0.29) is 18.0 Å². The molecule has 3 rings (SSSR count). The highest BCUT2D eigenvalue weighted by Crippen LogP contribution is 2.45. The standard InChI is InChI=1S/C27H38N4O2/c1-8-11-31-24-14-25(33-7)21(13-23(24)20(4)15-27(31,5)6)16-29-30-26(32)17-28-22-10-9-18(2)19(3)12-22/h9-10,12-14,16,20,28H,8,11,15,17H2,1-7H3,(H,30,32)/b29-16-. The van der Waals surface area contributed by atoms with Gasteiger partial charge in [0, 0.05) is 35.1 Å². The number of hydrazone groups is 1. The lowest BCUT2D eigenvalue weighted by atomic mass is 9.79. The average molecular weight is 451 g/mol. The molecule has 1 unspecified atom stereocenters. The Balaban J connectivity index is 1.72. The number of anilines is 2. The number of nitrogens with zero attached hydrogens (tertiary/aromatic N) is 2. The monoisotopic (exact) mass is 450 g/mol. The first-order valence-electron chi connectivity index (χ1n) is 11.8. The zero-order chi connectivity index (χ0) is 24.2. The smallest absolute Gasteiger partial charge is 0.259 e. The van der Waals surface area contributed by atoms with Crippen molar-refractivity contribution in [2.45, 2.75) is 65.8 Å². The molecule has 2 aromatic rings. The van der Waals surface area contributed by atoms with Crippen LogP contribution in [0.25, 0.3) is 0 Å². The minimum Gasteiger partial charge on any atom is -0.496 e. The van der Waals surface area contributed by atoms with E-state index < -0.39 is 0 Å². The van der Waals surface area contributed by atoms with Crippen LogP contribution in [0.4, 0.5) is 11.4 Å². The lowest BCUT2D eigenvalue weighted by molar-refractivity contribution is -0.119. The minimum atomic E-state index is -0.203. The molecule has 1 heterocycles. The molecule has 178 valence electrons. The lowest BCUT2D eigenvalue weighted by Gasteiger charge is -2.47. The van der Waals surface area contributed by atoms with Gasteiger partial charge < -0.3 is 15.0 Å². The van der Waals surface area contributed by atoms with Crippen molar-refractivity contribution < 1.29 is 9.53 Å². The first-order chi connectivity index (χ1) is 15.7. The fourth-order valence-electron chi connectivity index (χ4n) is 4.70. The quantitative estimate of drug-likeness (QED) is 0.419. The number of nitrogens with one attached hydrogen (secondary N) is 2. The van der Waals surface area contributed by atoms with Crippen LogP contribution in [0.1, 0.15) is 68.7 Å². The van der Waals surface area contributed by atoms with Gasteiger partial charge in [-0.1, -0.05) is 19.9 Å².